The molecular weight excluding hydrogens is 287 g/mol. The zero-order valence-corrected chi connectivity index (χ0v) is 13.5. The molecule has 0 N–H and O–H groups in total. The van der Waals surface area contributed by atoms with Crippen LogP contribution in [-0.4, -0.2) is 9.97 Å². The lowest BCUT2D eigenvalue weighted by Gasteiger charge is -2.18. The lowest BCUT2D eigenvalue weighted by atomic mass is 9.90. The highest BCUT2D eigenvalue weighted by Crippen LogP contribution is 2.31. The number of nitrogens with zero attached hydrogens (tertiary/aromatic N) is 2. The van der Waals surface area contributed by atoms with Crippen molar-refractivity contribution in [1.82, 2.24) is 9.97 Å². The van der Waals surface area contributed by atoms with Crippen LogP contribution in [0.15, 0.2) is 61.1 Å². The maximum atomic E-state index is 15.0. The quantitative estimate of drug-likeness (QED) is 0.646. The molecule has 23 heavy (non-hydrogen) atoms. The Bertz CT molecular complexity index is 821. The van der Waals surface area contributed by atoms with Gasteiger partial charge in [0, 0.05) is 40.8 Å². The summed E-state index contributed by atoms with van der Waals surface area (Å²) >= 11 is 0. The summed E-state index contributed by atoms with van der Waals surface area (Å²) in [5.74, 6) is -0.253. The van der Waals surface area contributed by atoms with Crippen LogP contribution in [0.4, 0.5) is 4.39 Å². The smallest absolute Gasteiger partial charge is 0.141 e. The fourth-order valence-corrected chi connectivity index (χ4v) is 2.47. The molecule has 2 heterocycles. The Hall–Kier alpha value is -2.55. The monoisotopic (exact) mass is 306 g/mol. The van der Waals surface area contributed by atoms with Gasteiger partial charge in [0.25, 0.3) is 0 Å². The van der Waals surface area contributed by atoms with Gasteiger partial charge in [-0.2, -0.15) is 0 Å². The number of benzene rings is 1. The van der Waals surface area contributed by atoms with Crippen LogP contribution in [0.5, 0.6) is 0 Å². The van der Waals surface area contributed by atoms with E-state index in [4.69, 9.17) is 0 Å². The van der Waals surface area contributed by atoms with E-state index in [0.717, 1.165) is 16.8 Å². The van der Waals surface area contributed by atoms with Gasteiger partial charge >= 0.3 is 0 Å². The average molecular weight is 306 g/mol. The number of hydrogen-bond donors (Lipinski definition) is 0. The van der Waals surface area contributed by atoms with E-state index in [0.29, 0.717) is 11.1 Å². The van der Waals surface area contributed by atoms with Crippen LogP contribution in [0.1, 0.15) is 26.5 Å². The molecule has 0 saturated carbocycles. The Balaban J connectivity index is 2.12. The summed E-state index contributed by atoms with van der Waals surface area (Å²) in [5, 5.41) is 0. The van der Waals surface area contributed by atoms with Crippen molar-refractivity contribution in [3.8, 4) is 22.3 Å². The van der Waals surface area contributed by atoms with Crippen molar-refractivity contribution in [2.75, 3.05) is 0 Å². The number of pyridine rings is 2. The molecule has 2 nitrogen and oxygen atoms in total. The van der Waals surface area contributed by atoms with Crippen LogP contribution in [0, 0.1) is 5.82 Å². The predicted octanol–water partition coefficient (Wildman–Crippen LogP) is 5.25. The first-order valence-corrected chi connectivity index (χ1v) is 7.62. The Morgan fingerprint density at radius 1 is 0.870 bits per heavy atom. The number of hydrogen-bond acceptors (Lipinski definition) is 2. The van der Waals surface area contributed by atoms with Gasteiger partial charge in [-0.05, 0) is 23.3 Å². The van der Waals surface area contributed by atoms with Crippen LogP contribution >= 0.6 is 0 Å². The molecule has 0 unspecified atom stereocenters. The summed E-state index contributed by atoms with van der Waals surface area (Å²) in [6.45, 7) is 6.27. The second kappa shape index (κ2) is 5.92. The average Bonchev–Trinajstić information content (AvgIpc) is 2.55. The fraction of sp³-hybridized carbons (Fsp3) is 0.200. The van der Waals surface area contributed by atoms with Crippen molar-refractivity contribution in [2.45, 2.75) is 26.2 Å². The highest BCUT2D eigenvalue weighted by atomic mass is 19.1. The molecule has 0 aliphatic rings. The minimum atomic E-state index is -0.253. The van der Waals surface area contributed by atoms with E-state index in [1.54, 1.807) is 18.6 Å². The Kier molecular flexibility index (Phi) is 3.95. The second-order valence-corrected chi connectivity index (χ2v) is 6.59. The largest absolute Gasteiger partial charge is 0.263 e. The minimum Gasteiger partial charge on any atom is -0.263 e. The third kappa shape index (κ3) is 3.14. The second-order valence-electron chi connectivity index (χ2n) is 6.59. The van der Waals surface area contributed by atoms with E-state index in [9.17, 15) is 0 Å². The molecule has 3 heteroatoms. The predicted molar refractivity (Wildman–Crippen MR) is 91.6 cm³/mol. The molecule has 0 atom stereocenters. The normalized spacial score (nSPS) is 11.5. The first kappa shape index (κ1) is 15.3. The summed E-state index contributed by atoms with van der Waals surface area (Å²) in [4.78, 5) is 8.63. The summed E-state index contributed by atoms with van der Waals surface area (Å²) in [6.07, 6.45) is 4.87. The first-order chi connectivity index (χ1) is 11.0. The molecule has 0 radical (unpaired) electrons. The molecule has 1 aromatic carbocycles. The van der Waals surface area contributed by atoms with Crippen LogP contribution in [-0.2, 0) is 5.41 Å². The van der Waals surface area contributed by atoms with Crippen molar-refractivity contribution >= 4 is 0 Å². The van der Waals surface area contributed by atoms with Gasteiger partial charge in [0.15, 0.2) is 0 Å². The molecule has 3 rings (SSSR count). The lowest BCUT2D eigenvalue weighted by Crippen LogP contribution is -2.13. The third-order valence-corrected chi connectivity index (χ3v) is 3.80. The molecule has 0 aliphatic carbocycles. The van der Waals surface area contributed by atoms with Crippen LogP contribution in [0.3, 0.4) is 0 Å². The van der Waals surface area contributed by atoms with E-state index in [-0.39, 0.29) is 11.2 Å². The van der Waals surface area contributed by atoms with Gasteiger partial charge in [-0.3, -0.25) is 9.97 Å². The van der Waals surface area contributed by atoms with E-state index < -0.39 is 0 Å². The fourth-order valence-electron chi connectivity index (χ4n) is 2.47. The van der Waals surface area contributed by atoms with Gasteiger partial charge in [-0.15, -0.1) is 0 Å². The molecule has 0 bridgehead atoms. The first-order valence-electron chi connectivity index (χ1n) is 7.62. The zero-order chi connectivity index (χ0) is 16.4. The van der Waals surface area contributed by atoms with Gasteiger partial charge in [-0.1, -0.05) is 51.1 Å². The van der Waals surface area contributed by atoms with Gasteiger partial charge < -0.3 is 0 Å². The van der Waals surface area contributed by atoms with Gasteiger partial charge in [-0.25, -0.2) is 4.39 Å². The summed E-state index contributed by atoms with van der Waals surface area (Å²) in [7, 11) is 0. The zero-order valence-electron chi connectivity index (χ0n) is 13.5. The van der Waals surface area contributed by atoms with Crippen molar-refractivity contribution in [3.05, 3.63) is 72.6 Å². The maximum absolute atomic E-state index is 15.0. The molecular formula is C20H19FN2. The number of aromatic nitrogens is 2. The van der Waals surface area contributed by atoms with Crippen LogP contribution in [0.2, 0.25) is 0 Å². The molecule has 0 spiro atoms. The van der Waals surface area contributed by atoms with Crippen molar-refractivity contribution in [1.29, 1.82) is 0 Å². The number of rotatable bonds is 2. The molecule has 0 aliphatic heterocycles. The SMILES string of the molecule is CC(C)(C)c1cc(-c2cncc(-c3ccccc3)c2F)ccn1. The van der Waals surface area contributed by atoms with Gasteiger partial charge in [0.05, 0.1) is 0 Å². The molecule has 116 valence electrons. The van der Waals surface area contributed by atoms with E-state index in [1.165, 1.54) is 0 Å². The minimum absolute atomic E-state index is 0.0864. The molecule has 0 fully saturated rings. The summed E-state index contributed by atoms with van der Waals surface area (Å²) in [6, 6.07) is 13.2. The topological polar surface area (TPSA) is 25.8 Å². The van der Waals surface area contributed by atoms with E-state index >= 15 is 4.39 Å². The van der Waals surface area contributed by atoms with Crippen molar-refractivity contribution in [3.63, 3.8) is 0 Å². The molecule has 0 amide bonds. The third-order valence-electron chi connectivity index (χ3n) is 3.80. The Morgan fingerprint density at radius 3 is 2.17 bits per heavy atom. The van der Waals surface area contributed by atoms with E-state index in [2.05, 4.69) is 30.7 Å². The van der Waals surface area contributed by atoms with Gasteiger partial charge in [0.1, 0.15) is 5.82 Å². The Labute approximate surface area is 136 Å². The lowest BCUT2D eigenvalue weighted by molar-refractivity contribution is 0.569. The van der Waals surface area contributed by atoms with E-state index in [1.807, 2.05) is 42.5 Å². The molecule has 2 aromatic heterocycles. The van der Waals surface area contributed by atoms with Crippen molar-refractivity contribution in [2.24, 2.45) is 0 Å². The Morgan fingerprint density at radius 2 is 1.52 bits per heavy atom. The van der Waals surface area contributed by atoms with Gasteiger partial charge in [0.2, 0.25) is 0 Å². The molecule has 3 aromatic rings. The highest BCUT2D eigenvalue weighted by molar-refractivity contribution is 5.72. The van der Waals surface area contributed by atoms with Crippen molar-refractivity contribution < 1.29 is 4.39 Å². The maximum Gasteiger partial charge on any atom is 0.141 e. The summed E-state index contributed by atoms with van der Waals surface area (Å²) < 4.78 is 15.0. The van der Waals surface area contributed by atoms with Crippen LogP contribution in [0.25, 0.3) is 22.3 Å². The standard InChI is InChI=1S/C20H19FN2/c1-20(2,3)18-11-15(9-10-23-18)17-13-22-12-16(19(17)21)14-7-5-4-6-8-14/h4-13H,1-3H3. The number of halogens is 1. The summed E-state index contributed by atoms with van der Waals surface area (Å²) in [5.41, 5.74) is 3.48. The molecule has 0 saturated heterocycles. The highest BCUT2D eigenvalue weighted by Gasteiger charge is 2.18. The van der Waals surface area contributed by atoms with Crippen LogP contribution < -0.4 is 0 Å².